The molecule has 0 aliphatic rings. The Kier molecular flexibility index (Phi) is 6.08. The highest BCUT2D eigenvalue weighted by Gasteiger charge is 2.14. The Morgan fingerprint density at radius 3 is 2.71 bits per heavy atom. The number of ether oxygens (including phenoxy) is 1. The largest absolute Gasteiger partial charge is 0.382 e. The van der Waals surface area contributed by atoms with E-state index < -0.39 is 11.6 Å². The van der Waals surface area contributed by atoms with Crippen molar-refractivity contribution in [2.75, 3.05) is 20.3 Å². The summed E-state index contributed by atoms with van der Waals surface area (Å²) in [5, 5.41) is 3.04. The van der Waals surface area contributed by atoms with Crippen LogP contribution in [0.3, 0.4) is 0 Å². The van der Waals surface area contributed by atoms with Gasteiger partial charge in [-0.3, -0.25) is 0 Å². The number of benzene rings is 1. The van der Waals surface area contributed by atoms with E-state index in [0.717, 1.165) is 18.9 Å². The van der Waals surface area contributed by atoms with Gasteiger partial charge in [0.1, 0.15) is 11.6 Å². The zero-order valence-corrected chi connectivity index (χ0v) is 10.3. The molecule has 96 valence electrons. The van der Waals surface area contributed by atoms with E-state index in [0.29, 0.717) is 18.8 Å². The molecule has 0 aliphatic carbocycles. The van der Waals surface area contributed by atoms with Crippen LogP contribution in [-0.4, -0.2) is 20.3 Å². The zero-order chi connectivity index (χ0) is 12.7. The van der Waals surface area contributed by atoms with Crippen LogP contribution in [0.25, 0.3) is 0 Å². The van der Waals surface area contributed by atoms with Gasteiger partial charge in [-0.25, -0.2) is 8.78 Å². The van der Waals surface area contributed by atoms with E-state index >= 15 is 0 Å². The van der Waals surface area contributed by atoms with Crippen molar-refractivity contribution in [2.24, 2.45) is 0 Å². The second-order valence-electron chi connectivity index (χ2n) is 3.85. The van der Waals surface area contributed by atoms with E-state index in [4.69, 9.17) is 4.74 Å². The van der Waals surface area contributed by atoms with Crippen molar-refractivity contribution in [3.8, 4) is 0 Å². The van der Waals surface area contributed by atoms with Crippen molar-refractivity contribution in [2.45, 2.75) is 25.8 Å². The van der Waals surface area contributed by atoms with E-state index in [1.807, 2.05) is 6.92 Å². The average molecular weight is 243 g/mol. The summed E-state index contributed by atoms with van der Waals surface area (Å²) >= 11 is 0. The quantitative estimate of drug-likeness (QED) is 0.743. The molecule has 0 fully saturated rings. The summed E-state index contributed by atoms with van der Waals surface area (Å²) in [4.78, 5) is 0. The van der Waals surface area contributed by atoms with Crippen LogP contribution in [0.2, 0.25) is 0 Å². The molecular weight excluding hydrogens is 224 g/mol. The summed E-state index contributed by atoms with van der Waals surface area (Å²) in [6, 6.07) is 3.59. The van der Waals surface area contributed by atoms with Gasteiger partial charge in [0.15, 0.2) is 0 Å². The second kappa shape index (κ2) is 7.35. The fourth-order valence-electron chi connectivity index (χ4n) is 1.77. The molecule has 1 unspecified atom stereocenters. The highest BCUT2D eigenvalue weighted by Crippen LogP contribution is 2.21. The van der Waals surface area contributed by atoms with Crippen molar-refractivity contribution in [1.29, 1.82) is 0 Å². The summed E-state index contributed by atoms with van der Waals surface area (Å²) < 4.78 is 31.6. The molecule has 17 heavy (non-hydrogen) atoms. The molecule has 2 nitrogen and oxygen atoms in total. The van der Waals surface area contributed by atoms with Gasteiger partial charge < -0.3 is 10.1 Å². The van der Waals surface area contributed by atoms with Crippen molar-refractivity contribution in [3.63, 3.8) is 0 Å². The molecular formula is C13H19F2NO. The number of rotatable bonds is 7. The molecule has 0 saturated carbocycles. The van der Waals surface area contributed by atoms with Crippen molar-refractivity contribution in [1.82, 2.24) is 5.32 Å². The molecule has 0 bridgehead atoms. The van der Waals surface area contributed by atoms with Crippen LogP contribution in [0, 0.1) is 11.6 Å². The molecule has 4 heteroatoms. The molecule has 1 aromatic carbocycles. The third-order valence-electron chi connectivity index (χ3n) is 2.67. The number of halogens is 2. The van der Waals surface area contributed by atoms with Gasteiger partial charge in [0.05, 0.1) is 0 Å². The van der Waals surface area contributed by atoms with Gasteiger partial charge in [-0.15, -0.1) is 0 Å². The maximum atomic E-state index is 13.6. The smallest absolute Gasteiger partial charge is 0.130 e. The van der Waals surface area contributed by atoms with Crippen LogP contribution in [0.1, 0.15) is 31.4 Å². The standard InChI is InChI=1S/C13H19F2NO/c1-3-17-8-4-5-13(16-2)11-7-6-10(14)9-12(11)15/h6-7,9,13,16H,3-5,8H2,1-2H3. The van der Waals surface area contributed by atoms with Crippen LogP contribution >= 0.6 is 0 Å². The second-order valence-corrected chi connectivity index (χ2v) is 3.85. The highest BCUT2D eigenvalue weighted by molar-refractivity contribution is 5.22. The topological polar surface area (TPSA) is 21.3 Å². The molecule has 0 radical (unpaired) electrons. The van der Waals surface area contributed by atoms with Gasteiger partial charge in [-0.1, -0.05) is 6.07 Å². The predicted molar refractivity (Wildman–Crippen MR) is 63.9 cm³/mol. The van der Waals surface area contributed by atoms with Gasteiger partial charge in [0.25, 0.3) is 0 Å². The number of hydrogen-bond donors (Lipinski definition) is 1. The van der Waals surface area contributed by atoms with Crippen molar-refractivity contribution < 1.29 is 13.5 Å². The fourth-order valence-corrected chi connectivity index (χ4v) is 1.77. The molecule has 0 spiro atoms. The predicted octanol–water partition coefficient (Wildman–Crippen LogP) is 3.04. The summed E-state index contributed by atoms with van der Waals surface area (Å²) in [5.41, 5.74) is 0.505. The summed E-state index contributed by atoms with van der Waals surface area (Å²) in [7, 11) is 1.77. The number of nitrogens with one attached hydrogen (secondary N) is 1. The van der Waals surface area contributed by atoms with Crippen LogP contribution in [0.15, 0.2) is 18.2 Å². The lowest BCUT2D eigenvalue weighted by Gasteiger charge is -2.17. The van der Waals surface area contributed by atoms with Gasteiger partial charge in [-0.2, -0.15) is 0 Å². The Morgan fingerprint density at radius 2 is 2.12 bits per heavy atom. The Labute approximate surface area is 101 Å². The number of hydrogen-bond acceptors (Lipinski definition) is 2. The lowest BCUT2D eigenvalue weighted by molar-refractivity contribution is 0.141. The Balaban J connectivity index is 2.59. The molecule has 0 amide bonds. The molecule has 1 atom stereocenters. The van der Waals surface area contributed by atoms with Gasteiger partial charge in [0, 0.05) is 30.9 Å². The van der Waals surface area contributed by atoms with Crippen LogP contribution < -0.4 is 5.32 Å². The van der Waals surface area contributed by atoms with Gasteiger partial charge >= 0.3 is 0 Å². The monoisotopic (exact) mass is 243 g/mol. The molecule has 0 aromatic heterocycles. The molecule has 1 rings (SSSR count). The maximum absolute atomic E-state index is 13.6. The molecule has 0 heterocycles. The first kappa shape index (κ1) is 14.1. The minimum atomic E-state index is -0.546. The Bertz CT molecular complexity index is 344. The summed E-state index contributed by atoms with van der Waals surface area (Å²) in [6.45, 7) is 3.29. The van der Waals surface area contributed by atoms with Gasteiger partial charge in [0.2, 0.25) is 0 Å². The van der Waals surface area contributed by atoms with Crippen LogP contribution in [-0.2, 0) is 4.74 Å². The lowest BCUT2D eigenvalue weighted by Crippen LogP contribution is -2.18. The summed E-state index contributed by atoms with van der Waals surface area (Å²) in [6.07, 6.45) is 1.61. The van der Waals surface area contributed by atoms with E-state index in [1.54, 1.807) is 7.05 Å². The highest BCUT2D eigenvalue weighted by atomic mass is 19.1. The van der Waals surface area contributed by atoms with E-state index in [2.05, 4.69) is 5.32 Å². The minimum absolute atomic E-state index is 0.101. The lowest BCUT2D eigenvalue weighted by atomic mass is 10.0. The fraction of sp³-hybridized carbons (Fsp3) is 0.538. The first-order valence-corrected chi connectivity index (χ1v) is 5.89. The molecule has 1 aromatic rings. The normalized spacial score (nSPS) is 12.7. The molecule has 0 saturated heterocycles. The Hall–Kier alpha value is -1.00. The average Bonchev–Trinajstić information content (AvgIpc) is 2.31. The van der Waals surface area contributed by atoms with Gasteiger partial charge in [-0.05, 0) is 32.9 Å². The van der Waals surface area contributed by atoms with E-state index in [-0.39, 0.29) is 6.04 Å². The van der Waals surface area contributed by atoms with E-state index in [1.165, 1.54) is 12.1 Å². The molecule has 1 N–H and O–H groups in total. The maximum Gasteiger partial charge on any atom is 0.130 e. The summed E-state index contributed by atoms with van der Waals surface area (Å²) in [5.74, 6) is -1.05. The van der Waals surface area contributed by atoms with Crippen LogP contribution in [0.4, 0.5) is 8.78 Å². The first-order valence-electron chi connectivity index (χ1n) is 5.89. The zero-order valence-electron chi connectivity index (χ0n) is 10.3. The SMILES string of the molecule is CCOCCCC(NC)c1ccc(F)cc1F. The van der Waals surface area contributed by atoms with Crippen molar-refractivity contribution >= 4 is 0 Å². The van der Waals surface area contributed by atoms with Crippen LogP contribution in [0.5, 0.6) is 0 Å². The van der Waals surface area contributed by atoms with Crippen molar-refractivity contribution in [3.05, 3.63) is 35.4 Å². The molecule has 0 aliphatic heterocycles. The first-order chi connectivity index (χ1) is 8.19. The van der Waals surface area contributed by atoms with E-state index in [9.17, 15) is 8.78 Å². The third-order valence-corrected chi connectivity index (χ3v) is 2.67. The third kappa shape index (κ3) is 4.40. The minimum Gasteiger partial charge on any atom is -0.382 e. The Morgan fingerprint density at radius 1 is 1.35 bits per heavy atom.